The van der Waals surface area contributed by atoms with Gasteiger partial charge in [0.05, 0.1) is 6.54 Å². The van der Waals surface area contributed by atoms with E-state index < -0.39 is 18.6 Å². The van der Waals surface area contributed by atoms with Crippen molar-refractivity contribution < 1.29 is 18.0 Å². The predicted octanol–water partition coefficient (Wildman–Crippen LogP) is 3.04. The molecule has 1 amide bonds. The van der Waals surface area contributed by atoms with E-state index in [1.54, 1.807) is 42.7 Å². The Morgan fingerprint density at radius 3 is 2.62 bits per heavy atom. The van der Waals surface area contributed by atoms with Crippen molar-refractivity contribution >= 4 is 18.3 Å². The third-order valence-electron chi connectivity index (χ3n) is 4.70. The van der Waals surface area contributed by atoms with Crippen LogP contribution in [0.1, 0.15) is 17.2 Å². The van der Waals surface area contributed by atoms with Crippen LogP contribution in [0, 0.1) is 0 Å². The van der Waals surface area contributed by atoms with Crippen LogP contribution in [0.25, 0.3) is 0 Å². The lowest BCUT2D eigenvalue weighted by Crippen LogP contribution is -2.51. The molecule has 9 heteroatoms. The zero-order valence-electron chi connectivity index (χ0n) is 15.8. The zero-order chi connectivity index (χ0) is 20.0. The number of carbonyl (C=O) groups is 1. The number of hydrogen-bond acceptors (Lipinski definition) is 4. The van der Waals surface area contributed by atoms with E-state index in [1.807, 2.05) is 17.0 Å². The first kappa shape index (κ1) is 23.1. The lowest BCUT2D eigenvalue weighted by atomic mass is 10.1. The number of amides is 1. The highest BCUT2D eigenvalue weighted by Crippen LogP contribution is 2.23. The molecule has 1 N–H and O–H groups in total. The number of nitrogens with zero attached hydrogens (tertiary/aromatic N) is 3. The fourth-order valence-electron chi connectivity index (χ4n) is 3.36. The second kappa shape index (κ2) is 10.6. The van der Waals surface area contributed by atoms with Gasteiger partial charge in [-0.15, -0.1) is 12.4 Å². The van der Waals surface area contributed by atoms with Crippen LogP contribution in [-0.2, 0) is 11.3 Å². The largest absolute Gasteiger partial charge is 0.406 e. The van der Waals surface area contributed by atoms with Crippen molar-refractivity contribution in [3.8, 4) is 0 Å². The van der Waals surface area contributed by atoms with Crippen molar-refractivity contribution in [2.24, 2.45) is 0 Å². The Morgan fingerprint density at radius 2 is 1.97 bits per heavy atom. The maximum atomic E-state index is 13.1. The molecule has 29 heavy (non-hydrogen) atoms. The quantitative estimate of drug-likeness (QED) is 0.768. The van der Waals surface area contributed by atoms with Gasteiger partial charge in [-0.25, -0.2) is 0 Å². The highest BCUT2D eigenvalue weighted by Gasteiger charge is 2.34. The first-order valence-electron chi connectivity index (χ1n) is 9.15. The minimum atomic E-state index is -4.45. The van der Waals surface area contributed by atoms with Crippen molar-refractivity contribution in [2.45, 2.75) is 18.8 Å². The standard InChI is InChI=1S/C20H23F3N4O.ClH/c21-20(22,23)15-27(13-16-5-2-1-3-6-16)19(28)14-26-10-9-25-12-18(26)17-7-4-8-24-11-17;/h1-8,11,18,25H,9-10,12-15H2;1H. The molecular formula is C20H24ClF3N4O. The summed E-state index contributed by atoms with van der Waals surface area (Å²) >= 11 is 0. The smallest absolute Gasteiger partial charge is 0.328 e. The third-order valence-corrected chi connectivity index (χ3v) is 4.70. The number of halogens is 4. The average Bonchev–Trinajstić information content (AvgIpc) is 2.68. The molecule has 0 aliphatic carbocycles. The summed E-state index contributed by atoms with van der Waals surface area (Å²) in [6.45, 7) is 0.493. The molecule has 1 fully saturated rings. The van der Waals surface area contributed by atoms with E-state index in [9.17, 15) is 18.0 Å². The summed E-state index contributed by atoms with van der Waals surface area (Å²) in [6.07, 6.45) is -1.05. The summed E-state index contributed by atoms with van der Waals surface area (Å²) in [5, 5.41) is 3.27. The van der Waals surface area contributed by atoms with Gasteiger partial charge in [0, 0.05) is 44.6 Å². The van der Waals surface area contributed by atoms with Crippen molar-refractivity contribution in [3.63, 3.8) is 0 Å². The first-order valence-corrected chi connectivity index (χ1v) is 9.15. The molecule has 2 heterocycles. The number of piperazine rings is 1. The second-order valence-corrected chi connectivity index (χ2v) is 6.83. The maximum Gasteiger partial charge on any atom is 0.406 e. The molecule has 0 saturated carbocycles. The molecule has 5 nitrogen and oxygen atoms in total. The minimum Gasteiger partial charge on any atom is -0.328 e. The van der Waals surface area contributed by atoms with Gasteiger partial charge in [0.15, 0.2) is 0 Å². The summed E-state index contributed by atoms with van der Waals surface area (Å²) in [5.74, 6) is -0.531. The molecule has 0 radical (unpaired) electrons. The van der Waals surface area contributed by atoms with Gasteiger partial charge < -0.3 is 10.2 Å². The lowest BCUT2D eigenvalue weighted by Gasteiger charge is -2.37. The molecule has 1 aromatic heterocycles. The first-order chi connectivity index (χ1) is 13.4. The monoisotopic (exact) mass is 428 g/mol. The summed E-state index contributed by atoms with van der Waals surface area (Å²) in [6, 6.07) is 12.4. The van der Waals surface area contributed by atoms with E-state index in [1.165, 1.54) is 0 Å². The number of aromatic nitrogens is 1. The molecule has 2 aromatic rings. The van der Waals surface area contributed by atoms with Gasteiger partial charge in [0.1, 0.15) is 6.54 Å². The lowest BCUT2D eigenvalue weighted by molar-refractivity contribution is -0.163. The molecule has 0 bridgehead atoms. The van der Waals surface area contributed by atoms with Crippen LogP contribution < -0.4 is 5.32 Å². The summed E-state index contributed by atoms with van der Waals surface area (Å²) in [5.41, 5.74) is 1.61. The van der Waals surface area contributed by atoms with E-state index >= 15 is 0 Å². The van der Waals surface area contributed by atoms with Gasteiger partial charge in [0.2, 0.25) is 5.91 Å². The minimum absolute atomic E-state index is 0. The summed E-state index contributed by atoms with van der Waals surface area (Å²) in [4.78, 5) is 19.7. The topological polar surface area (TPSA) is 48.5 Å². The summed E-state index contributed by atoms with van der Waals surface area (Å²) in [7, 11) is 0. The molecule has 3 rings (SSSR count). The Hall–Kier alpha value is -2.16. The third kappa shape index (κ3) is 6.99. The van der Waals surface area contributed by atoms with Crippen molar-refractivity contribution in [2.75, 3.05) is 32.7 Å². The van der Waals surface area contributed by atoms with E-state index in [0.29, 0.717) is 25.2 Å². The molecule has 1 aromatic carbocycles. The van der Waals surface area contributed by atoms with E-state index in [4.69, 9.17) is 0 Å². The Morgan fingerprint density at radius 1 is 1.21 bits per heavy atom. The fourth-order valence-corrected chi connectivity index (χ4v) is 3.36. The second-order valence-electron chi connectivity index (χ2n) is 6.83. The Labute approximate surface area is 174 Å². The van der Waals surface area contributed by atoms with Gasteiger partial charge >= 0.3 is 6.18 Å². The maximum absolute atomic E-state index is 13.1. The van der Waals surface area contributed by atoms with Crippen molar-refractivity contribution in [3.05, 3.63) is 66.0 Å². The molecule has 0 spiro atoms. The number of nitrogens with one attached hydrogen (secondary N) is 1. The normalized spacial score (nSPS) is 17.4. The molecular weight excluding hydrogens is 405 g/mol. The van der Waals surface area contributed by atoms with Gasteiger partial charge in [-0.05, 0) is 17.2 Å². The van der Waals surface area contributed by atoms with Gasteiger partial charge in [-0.1, -0.05) is 36.4 Å². The van der Waals surface area contributed by atoms with E-state index in [0.717, 1.165) is 10.5 Å². The number of benzene rings is 1. The van der Waals surface area contributed by atoms with Crippen LogP contribution in [0.5, 0.6) is 0 Å². The van der Waals surface area contributed by atoms with Crippen LogP contribution >= 0.6 is 12.4 Å². The predicted molar refractivity (Wildman–Crippen MR) is 107 cm³/mol. The summed E-state index contributed by atoms with van der Waals surface area (Å²) < 4.78 is 39.2. The average molecular weight is 429 g/mol. The molecule has 158 valence electrons. The van der Waals surface area contributed by atoms with E-state index in [2.05, 4.69) is 10.3 Å². The molecule has 1 saturated heterocycles. The Bertz CT molecular complexity index is 761. The van der Waals surface area contributed by atoms with Crippen LogP contribution in [0.15, 0.2) is 54.9 Å². The van der Waals surface area contributed by atoms with Gasteiger partial charge in [0.25, 0.3) is 0 Å². The molecule has 1 aliphatic rings. The van der Waals surface area contributed by atoms with Crippen molar-refractivity contribution in [1.82, 2.24) is 20.1 Å². The van der Waals surface area contributed by atoms with Gasteiger partial charge in [-0.3, -0.25) is 14.7 Å². The number of pyridine rings is 1. The fraction of sp³-hybridized carbons (Fsp3) is 0.400. The Kier molecular flexibility index (Phi) is 8.43. The number of alkyl halides is 3. The molecule has 1 unspecified atom stereocenters. The van der Waals surface area contributed by atoms with Crippen LogP contribution in [0.3, 0.4) is 0 Å². The number of hydrogen-bond donors (Lipinski definition) is 1. The SMILES string of the molecule is Cl.O=C(CN1CCNCC1c1cccnc1)N(Cc1ccccc1)CC(F)(F)F. The highest BCUT2D eigenvalue weighted by molar-refractivity contribution is 5.85. The van der Waals surface area contributed by atoms with E-state index in [-0.39, 0.29) is 31.5 Å². The van der Waals surface area contributed by atoms with Crippen molar-refractivity contribution in [1.29, 1.82) is 0 Å². The van der Waals surface area contributed by atoms with Crippen LogP contribution in [-0.4, -0.2) is 59.6 Å². The zero-order valence-corrected chi connectivity index (χ0v) is 16.6. The van der Waals surface area contributed by atoms with Gasteiger partial charge in [-0.2, -0.15) is 13.2 Å². The molecule has 1 aliphatic heterocycles. The number of rotatable bonds is 6. The highest BCUT2D eigenvalue weighted by atomic mass is 35.5. The Balaban J connectivity index is 0.00000300. The molecule has 1 atom stereocenters. The number of carbonyl (C=O) groups excluding carboxylic acids is 1. The van der Waals surface area contributed by atoms with Crippen LogP contribution in [0.4, 0.5) is 13.2 Å². The van der Waals surface area contributed by atoms with Crippen LogP contribution in [0.2, 0.25) is 0 Å².